The predicted molar refractivity (Wildman–Crippen MR) is 84.4 cm³/mol. The van der Waals surface area contributed by atoms with Crippen molar-refractivity contribution >= 4 is 23.2 Å². The van der Waals surface area contributed by atoms with Gasteiger partial charge in [0.25, 0.3) is 0 Å². The maximum atomic E-state index is 6.21. The van der Waals surface area contributed by atoms with Crippen LogP contribution < -0.4 is 5.32 Å². The molecule has 0 atom stereocenters. The summed E-state index contributed by atoms with van der Waals surface area (Å²) < 4.78 is 1.95. The standard InChI is InChI=1S/C15H19Cl2N3/c1-15(2,3)18-9-13-6-7-19-20(13)10-11-4-5-12(16)8-14(11)17/h4-8,18H,9-10H2,1-3H3. The minimum absolute atomic E-state index is 0.0764. The second kappa shape index (κ2) is 6.17. The van der Waals surface area contributed by atoms with Crippen LogP contribution in [-0.2, 0) is 13.1 Å². The summed E-state index contributed by atoms with van der Waals surface area (Å²) in [6, 6.07) is 7.56. The molecule has 0 saturated carbocycles. The van der Waals surface area contributed by atoms with Crippen molar-refractivity contribution in [1.29, 1.82) is 0 Å². The Hall–Kier alpha value is -1.03. The monoisotopic (exact) mass is 311 g/mol. The molecular weight excluding hydrogens is 293 g/mol. The van der Waals surface area contributed by atoms with Crippen molar-refractivity contribution in [3.63, 3.8) is 0 Å². The predicted octanol–water partition coefficient (Wildman–Crippen LogP) is 4.13. The van der Waals surface area contributed by atoms with E-state index in [1.807, 2.05) is 29.1 Å². The zero-order valence-electron chi connectivity index (χ0n) is 12.0. The Kier molecular flexibility index (Phi) is 4.74. The molecule has 1 aromatic heterocycles. The first kappa shape index (κ1) is 15.4. The topological polar surface area (TPSA) is 29.9 Å². The van der Waals surface area contributed by atoms with Crippen molar-refractivity contribution in [2.45, 2.75) is 39.4 Å². The molecule has 108 valence electrons. The smallest absolute Gasteiger partial charge is 0.0677 e. The zero-order chi connectivity index (χ0) is 14.8. The molecule has 5 heteroatoms. The largest absolute Gasteiger partial charge is 0.306 e. The highest BCUT2D eigenvalue weighted by atomic mass is 35.5. The summed E-state index contributed by atoms with van der Waals surface area (Å²) in [6.45, 7) is 7.84. The second-order valence-corrected chi connectivity index (χ2v) is 6.66. The lowest BCUT2D eigenvalue weighted by molar-refractivity contribution is 0.414. The van der Waals surface area contributed by atoms with Crippen LogP contribution in [0.1, 0.15) is 32.0 Å². The van der Waals surface area contributed by atoms with Gasteiger partial charge in [-0.1, -0.05) is 29.3 Å². The number of nitrogens with zero attached hydrogens (tertiary/aromatic N) is 2. The van der Waals surface area contributed by atoms with Gasteiger partial charge in [0.1, 0.15) is 0 Å². The van der Waals surface area contributed by atoms with E-state index < -0.39 is 0 Å². The van der Waals surface area contributed by atoms with Crippen molar-refractivity contribution in [3.8, 4) is 0 Å². The molecular formula is C15H19Cl2N3. The summed E-state index contributed by atoms with van der Waals surface area (Å²) in [6.07, 6.45) is 1.81. The number of aromatic nitrogens is 2. The van der Waals surface area contributed by atoms with Gasteiger partial charge in [-0.05, 0) is 44.5 Å². The molecule has 20 heavy (non-hydrogen) atoms. The van der Waals surface area contributed by atoms with Crippen molar-refractivity contribution in [1.82, 2.24) is 15.1 Å². The van der Waals surface area contributed by atoms with Crippen LogP contribution in [-0.4, -0.2) is 15.3 Å². The Balaban J connectivity index is 2.12. The highest BCUT2D eigenvalue weighted by Gasteiger charge is 2.11. The first-order chi connectivity index (χ1) is 9.35. The van der Waals surface area contributed by atoms with Crippen LogP contribution in [0.25, 0.3) is 0 Å². The van der Waals surface area contributed by atoms with Crippen LogP contribution >= 0.6 is 23.2 Å². The Labute approximate surface area is 129 Å². The van der Waals surface area contributed by atoms with Crippen molar-refractivity contribution in [2.75, 3.05) is 0 Å². The van der Waals surface area contributed by atoms with E-state index in [2.05, 4.69) is 31.2 Å². The van der Waals surface area contributed by atoms with E-state index in [4.69, 9.17) is 23.2 Å². The minimum Gasteiger partial charge on any atom is -0.306 e. The van der Waals surface area contributed by atoms with Crippen LogP contribution in [0.5, 0.6) is 0 Å². The van der Waals surface area contributed by atoms with Gasteiger partial charge < -0.3 is 5.32 Å². The van der Waals surface area contributed by atoms with Gasteiger partial charge in [0, 0.05) is 28.3 Å². The Morgan fingerprint density at radius 3 is 2.60 bits per heavy atom. The Morgan fingerprint density at radius 1 is 1.20 bits per heavy atom. The SMILES string of the molecule is CC(C)(C)NCc1ccnn1Cc1ccc(Cl)cc1Cl. The van der Waals surface area contributed by atoms with Crippen molar-refractivity contribution < 1.29 is 0 Å². The van der Waals surface area contributed by atoms with Crippen LogP contribution in [0.2, 0.25) is 10.0 Å². The molecule has 0 amide bonds. The first-order valence-corrected chi connectivity index (χ1v) is 7.30. The molecule has 0 saturated heterocycles. The van der Waals surface area contributed by atoms with E-state index in [1.54, 1.807) is 6.07 Å². The van der Waals surface area contributed by atoms with Crippen molar-refractivity contribution in [3.05, 3.63) is 51.8 Å². The summed E-state index contributed by atoms with van der Waals surface area (Å²) in [4.78, 5) is 0. The Bertz CT molecular complexity index is 585. The molecule has 0 unspecified atom stereocenters. The van der Waals surface area contributed by atoms with E-state index in [0.717, 1.165) is 17.8 Å². The molecule has 0 radical (unpaired) electrons. The number of nitrogens with one attached hydrogen (secondary N) is 1. The van der Waals surface area contributed by atoms with Crippen LogP contribution in [0.4, 0.5) is 0 Å². The molecule has 0 aliphatic rings. The highest BCUT2D eigenvalue weighted by molar-refractivity contribution is 6.35. The third-order valence-corrected chi connectivity index (χ3v) is 3.53. The molecule has 1 N–H and O–H groups in total. The molecule has 1 heterocycles. The van der Waals surface area contributed by atoms with Gasteiger partial charge in [0.2, 0.25) is 0 Å². The maximum absolute atomic E-state index is 6.21. The molecule has 1 aromatic carbocycles. The quantitative estimate of drug-likeness (QED) is 0.920. The molecule has 0 aliphatic heterocycles. The average molecular weight is 312 g/mol. The van der Waals surface area contributed by atoms with Gasteiger partial charge >= 0.3 is 0 Å². The molecule has 0 aliphatic carbocycles. The van der Waals surface area contributed by atoms with Gasteiger partial charge in [-0.25, -0.2) is 0 Å². The number of hydrogen-bond acceptors (Lipinski definition) is 2. The first-order valence-electron chi connectivity index (χ1n) is 6.55. The Morgan fingerprint density at radius 2 is 1.95 bits per heavy atom. The van der Waals surface area contributed by atoms with E-state index >= 15 is 0 Å². The fourth-order valence-corrected chi connectivity index (χ4v) is 2.29. The van der Waals surface area contributed by atoms with E-state index in [0.29, 0.717) is 16.6 Å². The van der Waals surface area contributed by atoms with Crippen LogP contribution in [0.3, 0.4) is 0 Å². The number of benzene rings is 1. The van der Waals surface area contributed by atoms with Gasteiger partial charge in [-0.3, -0.25) is 4.68 Å². The summed E-state index contributed by atoms with van der Waals surface area (Å²) >= 11 is 12.1. The second-order valence-electron chi connectivity index (χ2n) is 5.82. The molecule has 3 nitrogen and oxygen atoms in total. The summed E-state index contributed by atoms with van der Waals surface area (Å²) in [5.41, 5.74) is 2.22. The molecule has 2 aromatic rings. The zero-order valence-corrected chi connectivity index (χ0v) is 13.5. The lowest BCUT2D eigenvalue weighted by Gasteiger charge is -2.21. The fourth-order valence-electron chi connectivity index (χ4n) is 1.82. The normalized spacial score (nSPS) is 11.8. The van der Waals surface area contributed by atoms with E-state index in [-0.39, 0.29) is 5.54 Å². The lowest BCUT2D eigenvalue weighted by atomic mass is 10.1. The molecule has 0 bridgehead atoms. The molecule has 0 fully saturated rings. The van der Waals surface area contributed by atoms with Crippen LogP contribution in [0, 0.1) is 0 Å². The molecule has 2 rings (SSSR count). The number of rotatable bonds is 4. The van der Waals surface area contributed by atoms with E-state index in [9.17, 15) is 0 Å². The van der Waals surface area contributed by atoms with Crippen molar-refractivity contribution in [2.24, 2.45) is 0 Å². The minimum atomic E-state index is 0.0764. The summed E-state index contributed by atoms with van der Waals surface area (Å²) in [5.74, 6) is 0. The summed E-state index contributed by atoms with van der Waals surface area (Å²) in [5, 5.41) is 9.14. The number of halogens is 2. The van der Waals surface area contributed by atoms with Crippen LogP contribution in [0.15, 0.2) is 30.5 Å². The van der Waals surface area contributed by atoms with Gasteiger partial charge in [-0.15, -0.1) is 0 Å². The number of hydrogen-bond donors (Lipinski definition) is 1. The summed E-state index contributed by atoms with van der Waals surface area (Å²) in [7, 11) is 0. The third-order valence-electron chi connectivity index (χ3n) is 2.94. The third kappa shape index (κ3) is 4.23. The average Bonchev–Trinajstić information content (AvgIpc) is 2.77. The van der Waals surface area contributed by atoms with Gasteiger partial charge in [-0.2, -0.15) is 5.10 Å². The fraction of sp³-hybridized carbons (Fsp3) is 0.400. The van der Waals surface area contributed by atoms with E-state index in [1.165, 1.54) is 0 Å². The highest BCUT2D eigenvalue weighted by Crippen LogP contribution is 2.22. The molecule has 0 spiro atoms. The maximum Gasteiger partial charge on any atom is 0.0677 e. The van der Waals surface area contributed by atoms with Gasteiger partial charge in [0.15, 0.2) is 0 Å². The van der Waals surface area contributed by atoms with Gasteiger partial charge in [0.05, 0.1) is 12.2 Å². The lowest BCUT2D eigenvalue weighted by Crippen LogP contribution is -2.35.